The van der Waals surface area contributed by atoms with Crippen LogP contribution < -0.4 is 0 Å². The van der Waals surface area contributed by atoms with Crippen LogP contribution in [0.25, 0.3) is 0 Å². The fourth-order valence-electron chi connectivity index (χ4n) is 1.95. The van der Waals surface area contributed by atoms with Crippen LogP contribution in [0, 0.1) is 0 Å². The van der Waals surface area contributed by atoms with E-state index in [1.807, 2.05) is 6.07 Å². The summed E-state index contributed by atoms with van der Waals surface area (Å²) in [6, 6.07) is 3.54. The Morgan fingerprint density at radius 3 is 2.59 bits per heavy atom. The van der Waals surface area contributed by atoms with Gasteiger partial charge in [0, 0.05) is 13.4 Å². The Labute approximate surface area is 109 Å². The van der Waals surface area contributed by atoms with Gasteiger partial charge in [0.1, 0.15) is 4.60 Å². The Morgan fingerprint density at radius 1 is 1.41 bits per heavy atom. The summed E-state index contributed by atoms with van der Waals surface area (Å²) in [5, 5.41) is 0.128. The van der Waals surface area contributed by atoms with Crippen molar-refractivity contribution in [1.82, 2.24) is 4.98 Å². The van der Waals surface area contributed by atoms with Crippen LogP contribution in [0.3, 0.4) is 0 Å². The van der Waals surface area contributed by atoms with E-state index in [1.165, 1.54) is 6.26 Å². The number of nitrogens with zero attached hydrogens (tertiary/aromatic N) is 1. The Morgan fingerprint density at radius 2 is 2.06 bits per heavy atom. The number of rotatable bonds is 3. The molecule has 1 heterocycles. The van der Waals surface area contributed by atoms with Gasteiger partial charge in [-0.3, -0.25) is 0 Å². The zero-order chi connectivity index (χ0) is 12.6. The molecule has 0 aliphatic heterocycles. The number of hydrogen-bond acceptors (Lipinski definition) is 4. The molecule has 0 saturated heterocycles. The van der Waals surface area contributed by atoms with Gasteiger partial charge >= 0.3 is 0 Å². The largest absolute Gasteiger partial charge is 0.381 e. The summed E-state index contributed by atoms with van der Waals surface area (Å²) in [5.41, 5.74) is 1.01. The maximum Gasteiger partial charge on any atom is 0.192 e. The molecule has 0 aromatic carbocycles. The van der Waals surface area contributed by atoms with Gasteiger partial charge in [-0.2, -0.15) is 0 Å². The minimum absolute atomic E-state index is 0.128. The lowest BCUT2D eigenvalue weighted by Gasteiger charge is -2.34. The molecule has 6 heteroatoms. The van der Waals surface area contributed by atoms with Crippen LogP contribution in [0.15, 0.2) is 21.8 Å². The van der Waals surface area contributed by atoms with E-state index in [4.69, 9.17) is 4.74 Å². The van der Waals surface area contributed by atoms with E-state index in [0.29, 0.717) is 16.6 Å². The second kappa shape index (κ2) is 4.66. The smallest absolute Gasteiger partial charge is 0.192 e. The zero-order valence-corrected chi connectivity index (χ0v) is 12.1. The molecule has 2 rings (SSSR count). The highest BCUT2D eigenvalue weighted by atomic mass is 79.9. The van der Waals surface area contributed by atoms with Crippen LogP contribution in [0.4, 0.5) is 0 Å². The zero-order valence-electron chi connectivity index (χ0n) is 9.68. The first-order valence-electron chi connectivity index (χ1n) is 5.30. The molecule has 94 valence electrons. The molecule has 0 unspecified atom stereocenters. The van der Waals surface area contributed by atoms with Crippen molar-refractivity contribution < 1.29 is 13.2 Å². The fraction of sp³-hybridized carbons (Fsp3) is 0.545. The van der Waals surface area contributed by atoms with Crippen molar-refractivity contribution >= 4 is 25.8 Å². The number of pyridine rings is 1. The number of sulfone groups is 1. The fourth-order valence-corrected chi connectivity index (χ4v) is 3.13. The predicted molar refractivity (Wildman–Crippen MR) is 67.8 cm³/mol. The monoisotopic (exact) mass is 319 g/mol. The topological polar surface area (TPSA) is 56.3 Å². The Kier molecular flexibility index (Phi) is 3.56. The van der Waals surface area contributed by atoms with Crippen molar-refractivity contribution in [1.29, 1.82) is 0 Å². The maximum atomic E-state index is 11.5. The molecular formula is C11H14BrNO3S. The molecule has 17 heavy (non-hydrogen) atoms. The minimum atomic E-state index is -3.26. The number of ether oxygens (including phenoxy) is 1. The molecular weight excluding hydrogens is 306 g/mol. The minimum Gasteiger partial charge on any atom is -0.381 e. The molecule has 0 amide bonds. The Bertz CT molecular complexity index is 524. The molecule has 4 nitrogen and oxygen atoms in total. The standard InChI is InChI=1S/C11H14BrNO3S/c1-16-9-3-7(4-9)8-5-10(12)13-11(6-8)17(2,14)15/h5-7,9H,3-4H2,1-2H3. The molecule has 1 aromatic rings. The molecule has 1 saturated carbocycles. The van der Waals surface area contributed by atoms with Gasteiger partial charge in [0.05, 0.1) is 6.10 Å². The summed E-state index contributed by atoms with van der Waals surface area (Å²) in [5.74, 6) is 0.375. The second-order valence-corrected chi connectivity index (χ2v) is 7.13. The van der Waals surface area contributed by atoms with E-state index in [1.54, 1.807) is 13.2 Å². The van der Waals surface area contributed by atoms with Gasteiger partial charge in [-0.1, -0.05) is 0 Å². The predicted octanol–water partition coefficient (Wildman–Crippen LogP) is 2.14. The first kappa shape index (κ1) is 13.0. The Balaban J connectivity index is 2.28. The summed E-state index contributed by atoms with van der Waals surface area (Å²) < 4.78 is 28.7. The molecule has 0 atom stereocenters. The first-order chi connectivity index (χ1) is 7.90. The van der Waals surface area contributed by atoms with Gasteiger partial charge in [0.15, 0.2) is 14.9 Å². The number of methoxy groups -OCH3 is 1. The lowest BCUT2D eigenvalue weighted by Crippen LogP contribution is -2.28. The quantitative estimate of drug-likeness (QED) is 0.801. The van der Waals surface area contributed by atoms with Crippen LogP contribution in [-0.2, 0) is 14.6 Å². The molecule has 0 spiro atoms. The van der Waals surface area contributed by atoms with Crippen molar-refractivity contribution in [2.45, 2.75) is 29.9 Å². The molecule has 1 fully saturated rings. The van der Waals surface area contributed by atoms with Crippen molar-refractivity contribution in [3.8, 4) is 0 Å². The third-order valence-corrected chi connectivity index (χ3v) is 4.45. The molecule has 1 aliphatic rings. The van der Waals surface area contributed by atoms with Gasteiger partial charge in [-0.25, -0.2) is 13.4 Å². The van der Waals surface area contributed by atoms with Crippen LogP contribution in [-0.4, -0.2) is 32.9 Å². The SMILES string of the molecule is COC1CC(c2cc(Br)nc(S(C)(=O)=O)c2)C1. The van der Waals surface area contributed by atoms with Gasteiger partial charge < -0.3 is 4.74 Å². The summed E-state index contributed by atoms with van der Waals surface area (Å²) in [6.45, 7) is 0. The lowest BCUT2D eigenvalue weighted by molar-refractivity contribution is 0.0257. The number of halogens is 1. The second-order valence-electron chi connectivity index (χ2n) is 4.36. The van der Waals surface area contributed by atoms with E-state index in [0.717, 1.165) is 18.4 Å². The summed E-state index contributed by atoms with van der Waals surface area (Å²) in [7, 11) is -1.56. The Hall–Kier alpha value is -0.460. The van der Waals surface area contributed by atoms with Gasteiger partial charge in [-0.05, 0) is 52.4 Å². The average Bonchev–Trinajstić information content (AvgIpc) is 2.13. The van der Waals surface area contributed by atoms with E-state index >= 15 is 0 Å². The van der Waals surface area contributed by atoms with Gasteiger partial charge in [0.2, 0.25) is 0 Å². The van der Waals surface area contributed by atoms with E-state index < -0.39 is 9.84 Å². The molecule has 0 N–H and O–H groups in total. The maximum absolute atomic E-state index is 11.5. The third kappa shape index (κ3) is 2.86. The normalized spacial score (nSPS) is 24.4. The van der Waals surface area contributed by atoms with E-state index in [2.05, 4.69) is 20.9 Å². The van der Waals surface area contributed by atoms with Gasteiger partial charge in [-0.15, -0.1) is 0 Å². The average molecular weight is 320 g/mol. The van der Waals surface area contributed by atoms with Gasteiger partial charge in [0.25, 0.3) is 0 Å². The molecule has 0 bridgehead atoms. The molecule has 0 radical (unpaired) electrons. The van der Waals surface area contributed by atoms with Crippen LogP contribution in [0.2, 0.25) is 0 Å². The van der Waals surface area contributed by atoms with Crippen molar-refractivity contribution in [3.63, 3.8) is 0 Å². The van der Waals surface area contributed by atoms with Crippen molar-refractivity contribution in [2.75, 3.05) is 13.4 Å². The molecule has 1 aromatic heterocycles. The third-order valence-electron chi connectivity index (χ3n) is 3.07. The van der Waals surface area contributed by atoms with Crippen LogP contribution in [0.1, 0.15) is 24.3 Å². The highest BCUT2D eigenvalue weighted by Crippen LogP contribution is 2.39. The summed E-state index contributed by atoms with van der Waals surface area (Å²) >= 11 is 3.25. The summed E-state index contributed by atoms with van der Waals surface area (Å²) in [6.07, 6.45) is 3.35. The van der Waals surface area contributed by atoms with Crippen molar-refractivity contribution in [3.05, 3.63) is 22.3 Å². The number of hydrogen-bond donors (Lipinski definition) is 0. The number of aromatic nitrogens is 1. The summed E-state index contributed by atoms with van der Waals surface area (Å²) in [4.78, 5) is 3.98. The van der Waals surface area contributed by atoms with Crippen molar-refractivity contribution in [2.24, 2.45) is 0 Å². The highest BCUT2D eigenvalue weighted by molar-refractivity contribution is 9.10. The van der Waals surface area contributed by atoms with Crippen LogP contribution in [0.5, 0.6) is 0 Å². The molecule has 1 aliphatic carbocycles. The van der Waals surface area contributed by atoms with E-state index in [-0.39, 0.29) is 5.03 Å². The van der Waals surface area contributed by atoms with E-state index in [9.17, 15) is 8.42 Å². The highest BCUT2D eigenvalue weighted by Gasteiger charge is 2.31. The lowest BCUT2D eigenvalue weighted by atomic mass is 9.78. The van der Waals surface area contributed by atoms with Crippen LogP contribution >= 0.6 is 15.9 Å². The first-order valence-corrected chi connectivity index (χ1v) is 7.99.